The van der Waals surface area contributed by atoms with Crippen LogP contribution in [0.5, 0.6) is 0 Å². The average molecular weight is 472 g/mol. The highest BCUT2D eigenvalue weighted by Gasteiger charge is 2.29. The first-order chi connectivity index (χ1) is 15.9. The summed E-state index contributed by atoms with van der Waals surface area (Å²) in [6, 6.07) is 14.6. The Morgan fingerprint density at radius 3 is 2.42 bits per heavy atom. The van der Waals surface area contributed by atoms with Crippen LogP contribution in [-0.4, -0.2) is 44.8 Å². The molecule has 1 aliphatic rings. The van der Waals surface area contributed by atoms with Crippen molar-refractivity contribution in [2.24, 2.45) is 5.92 Å². The number of anilines is 1. The Balaban J connectivity index is 1.57. The van der Waals surface area contributed by atoms with Gasteiger partial charge in [-0.05, 0) is 55.7 Å². The van der Waals surface area contributed by atoms with Gasteiger partial charge in [-0.15, -0.1) is 0 Å². The van der Waals surface area contributed by atoms with Gasteiger partial charge in [-0.2, -0.15) is 0 Å². The molecule has 1 atom stereocenters. The molecule has 0 saturated carbocycles. The number of unbranched alkanes of at least 4 members (excludes halogenated alkanes) is 3. The van der Waals surface area contributed by atoms with E-state index in [0.29, 0.717) is 30.9 Å². The number of amides is 2. The van der Waals surface area contributed by atoms with Crippen LogP contribution in [0.1, 0.15) is 55.8 Å². The Morgan fingerprint density at radius 1 is 1.00 bits per heavy atom. The van der Waals surface area contributed by atoms with E-state index in [0.717, 1.165) is 32.1 Å². The van der Waals surface area contributed by atoms with Crippen LogP contribution in [0.4, 0.5) is 5.69 Å². The number of nitrogens with zero attached hydrogens (tertiary/aromatic N) is 1. The Morgan fingerprint density at radius 2 is 1.73 bits per heavy atom. The first kappa shape index (κ1) is 24.8. The number of carbonyl (C=O) groups excluding carboxylic acids is 2. The zero-order valence-electron chi connectivity index (χ0n) is 19.1. The van der Waals surface area contributed by atoms with Crippen molar-refractivity contribution in [1.29, 1.82) is 0 Å². The van der Waals surface area contributed by atoms with E-state index >= 15 is 0 Å². The summed E-state index contributed by atoms with van der Waals surface area (Å²) in [6.07, 6.45) is 5.95. The first-order valence-electron chi connectivity index (χ1n) is 11.7. The van der Waals surface area contributed by atoms with Gasteiger partial charge < -0.3 is 10.2 Å². The average Bonchev–Trinajstić information content (AvgIpc) is 2.84. The maximum atomic E-state index is 13.0. The standard InChI is InChI=1S/C25H33N3O4S/c1-2-3-4-8-17-26-24(29)21-10-9-18-28(19-21)25(30)20-13-15-23(16-14-20)33(31,32)27-22-11-6-5-7-12-22/h5-7,11-16,21,27H,2-4,8-10,17-19H2,1H3,(H,26,29). The molecule has 33 heavy (non-hydrogen) atoms. The molecule has 8 heteroatoms. The molecule has 0 bridgehead atoms. The number of likely N-dealkylation sites (tertiary alicyclic amines) is 1. The van der Waals surface area contributed by atoms with E-state index in [1.807, 2.05) is 0 Å². The minimum atomic E-state index is -3.74. The Bertz CT molecular complexity index is 1020. The van der Waals surface area contributed by atoms with Gasteiger partial charge in [0, 0.05) is 30.9 Å². The molecule has 1 fully saturated rings. The third-order valence-corrected chi connectivity index (χ3v) is 7.24. The topological polar surface area (TPSA) is 95.6 Å². The van der Waals surface area contributed by atoms with Crippen molar-refractivity contribution in [3.63, 3.8) is 0 Å². The van der Waals surface area contributed by atoms with E-state index in [1.54, 1.807) is 35.2 Å². The molecule has 0 aromatic heterocycles. The number of sulfonamides is 1. The summed E-state index contributed by atoms with van der Waals surface area (Å²) in [7, 11) is -3.74. The van der Waals surface area contributed by atoms with Gasteiger partial charge >= 0.3 is 0 Å². The maximum Gasteiger partial charge on any atom is 0.261 e. The largest absolute Gasteiger partial charge is 0.356 e. The molecule has 0 aliphatic carbocycles. The fraction of sp³-hybridized carbons (Fsp3) is 0.440. The lowest BCUT2D eigenvalue weighted by Gasteiger charge is -2.32. The quantitative estimate of drug-likeness (QED) is 0.511. The summed E-state index contributed by atoms with van der Waals surface area (Å²) in [5.74, 6) is -0.378. The van der Waals surface area contributed by atoms with Gasteiger partial charge in [0.15, 0.2) is 0 Å². The van der Waals surface area contributed by atoms with Crippen molar-refractivity contribution < 1.29 is 18.0 Å². The van der Waals surface area contributed by atoms with Gasteiger partial charge in [0.05, 0.1) is 10.8 Å². The van der Waals surface area contributed by atoms with Crippen LogP contribution < -0.4 is 10.0 Å². The fourth-order valence-electron chi connectivity index (χ4n) is 3.96. The van der Waals surface area contributed by atoms with Gasteiger partial charge in [-0.1, -0.05) is 44.4 Å². The fourth-order valence-corrected chi connectivity index (χ4v) is 5.02. The van der Waals surface area contributed by atoms with Crippen molar-refractivity contribution in [1.82, 2.24) is 10.2 Å². The van der Waals surface area contributed by atoms with Gasteiger partial charge in [-0.3, -0.25) is 14.3 Å². The monoisotopic (exact) mass is 471 g/mol. The highest BCUT2D eigenvalue weighted by molar-refractivity contribution is 7.92. The van der Waals surface area contributed by atoms with Crippen molar-refractivity contribution in [2.75, 3.05) is 24.4 Å². The number of rotatable bonds is 10. The highest BCUT2D eigenvalue weighted by atomic mass is 32.2. The van der Waals surface area contributed by atoms with Gasteiger partial charge in [0.25, 0.3) is 15.9 Å². The first-order valence-corrected chi connectivity index (χ1v) is 13.1. The lowest BCUT2D eigenvalue weighted by atomic mass is 9.96. The van der Waals surface area contributed by atoms with E-state index in [9.17, 15) is 18.0 Å². The van der Waals surface area contributed by atoms with Gasteiger partial charge in [0.1, 0.15) is 0 Å². The van der Waals surface area contributed by atoms with E-state index in [2.05, 4.69) is 17.0 Å². The Hall–Kier alpha value is -2.87. The van der Waals surface area contributed by atoms with Crippen LogP contribution in [0.2, 0.25) is 0 Å². The van der Waals surface area contributed by atoms with Crippen molar-refractivity contribution in [2.45, 2.75) is 50.3 Å². The molecule has 1 aliphatic heterocycles. The van der Waals surface area contributed by atoms with Crippen molar-refractivity contribution in [3.05, 3.63) is 60.2 Å². The minimum absolute atomic E-state index is 0.0115. The summed E-state index contributed by atoms with van der Waals surface area (Å²) in [5, 5.41) is 3.00. The predicted octanol–water partition coefficient (Wildman–Crippen LogP) is 4.04. The maximum absolute atomic E-state index is 13.0. The number of nitrogens with one attached hydrogen (secondary N) is 2. The zero-order chi connectivity index (χ0) is 23.7. The van der Waals surface area contributed by atoms with Crippen molar-refractivity contribution in [3.8, 4) is 0 Å². The number of hydrogen-bond donors (Lipinski definition) is 2. The molecule has 0 spiro atoms. The van der Waals surface area contributed by atoms with E-state index < -0.39 is 10.0 Å². The lowest BCUT2D eigenvalue weighted by Crippen LogP contribution is -2.45. The number of piperidine rings is 1. The molecule has 7 nitrogen and oxygen atoms in total. The molecule has 2 amide bonds. The molecular formula is C25H33N3O4S. The molecule has 2 aromatic rings. The Kier molecular flexibility index (Phi) is 8.88. The van der Waals surface area contributed by atoms with E-state index in [1.165, 1.54) is 30.7 Å². The molecule has 1 saturated heterocycles. The normalized spacial score (nSPS) is 16.3. The van der Waals surface area contributed by atoms with Crippen molar-refractivity contribution >= 4 is 27.5 Å². The molecule has 2 N–H and O–H groups in total. The number of benzene rings is 2. The summed E-state index contributed by atoms with van der Waals surface area (Å²) in [6.45, 7) is 3.81. The van der Waals surface area contributed by atoms with Crippen LogP contribution in [0, 0.1) is 5.92 Å². The van der Waals surface area contributed by atoms with E-state index in [-0.39, 0.29) is 22.6 Å². The summed E-state index contributed by atoms with van der Waals surface area (Å²) in [4.78, 5) is 27.3. The smallest absolute Gasteiger partial charge is 0.261 e. The second kappa shape index (κ2) is 11.8. The summed E-state index contributed by atoms with van der Waals surface area (Å²) < 4.78 is 27.7. The van der Waals surface area contributed by atoms with Gasteiger partial charge in [-0.25, -0.2) is 8.42 Å². The molecule has 3 rings (SSSR count). The van der Waals surface area contributed by atoms with E-state index in [4.69, 9.17) is 0 Å². The molecule has 178 valence electrons. The molecule has 1 unspecified atom stereocenters. The second-order valence-corrected chi connectivity index (χ2v) is 10.1. The highest BCUT2D eigenvalue weighted by Crippen LogP contribution is 2.21. The van der Waals surface area contributed by atoms with Crippen LogP contribution >= 0.6 is 0 Å². The molecule has 2 aromatic carbocycles. The Labute approximate surface area is 196 Å². The molecule has 1 heterocycles. The third-order valence-electron chi connectivity index (χ3n) is 5.85. The van der Waals surface area contributed by atoms with Gasteiger partial charge in [0.2, 0.25) is 5.91 Å². The zero-order valence-corrected chi connectivity index (χ0v) is 19.9. The summed E-state index contributed by atoms with van der Waals surface area (Å²) >= 11 is 0. The SMILES string of the molecule is CCCCCCNC(=O)C1CCCN(C(=O)c2ccc(S(=O)(=O)Nc3ccccc3)cc2)C1. The molecule has 0 radical (unpaired) electrons. The predicted molar refractivity (Wildman–Crippen MR) is 129 cm³/mol. The third kappa shape index (κ3) is 7.05. The minimum Gasteiger partial charge on any atom is -0.356 e. The molecular weight excluding hydrogens is 438 g/mol. The number of carbonyl (C=O) groups is 2. The number of para-hydroxylation sites is 1. The number of hydrogen-bond acceptors (Lipinski definition) is 4. The van der Waals surface area contributed by atoms with Crippen LogP contribution in [-0.2, 0) is 14.8 Å². The van der Waals surface area contributed by atoms with Crippen LogP contribution in [0.15, 0.2) is 59.5 Å². The second-order valence-electron chi connectivity index (χ2n) is 8.44. The van der Waals surface area contributed by atoms with Crippen LogP contribution in [0.3, 0.4) is 0 Å². The summed E-state index contributed by atoms with van der Waals surface area (Å²) in [5.41, 5.74) is 0.884. The lowest BCUT2D eigenvalue weighted by molar-refractivity contribution is -0.126. The van der Waals surface area contributed by atoms with Crippen LogP contribution in [0.25, 0.3) is 0 Å².